The molecular formula is C21H24N2O3. The van der Waals surface area contributed by atoms with Gasteiger partial charge < -0.3 is 15.0 Å². The molecule has 26 heavy (non-hydrogen) atoms. The first kappa shape index (κ1) is 18.0. The third-order valence-corrected chi connectivity index (χ3v) is 4.52. The van der Waals surface area contributed by atoms with Crippen molar-refractivity contribution in [3.63, 3.8) is 0 Å². The summed E-state index contributed by atoms with van der Waals surface area (Å²) in [6, 6.07) is 14.5. The van der Waals surface area contributed by atoms with Gasteiger partial charge in [-0.15, -0.1) is 0 Å². The summed E-state index contributed by atoms with van der Waals surface area (Å²) in [5.74, 6) is -0.684. The zero-order valence-corrected chi connectivity index (χ0v) is 15.0. The Morgan fingerprint density at radius 1 is 1.00 bits per heavy atom. The number of ether oxygens (including phenoxy) is 1. The second-order valence-electron chi connectivity index (χ2n) is 6.31. The summed E-state index contributed by atoms with van der Waals surface area (Å²) in [5, 5.41) is 2.81. The van der Waals surface area contributed by atoms with Gasteiger partial charge in [0.05, 0.1) is 17.9 Å². The highest BCUT2D eigenvalue weighted by Crippen LogP contribution is 2.21. The molecule has 0 atom stereocenters. The lowest BCUT2D eigenvalue weighted by Gasteiger charge is -2.28. The van der Waals surface area contributed by atoms with Crippen molar-refractivity contribution in [2.45, 2.75) is 26.2 Å². The van der Waals surface area contributed by atoms with Crippen LogP contribution in [0.4, 0.5) is 11.4 Å². The van der Waals surface area contributed by atoms with Gasteiger partial charge in [0.2, 0.25) is 0 Å². The van der Waals surface area contributed by atoms with Crippen LogP contribution in [0, 0.1) is 0 Å². The summed E-state index contributed by atoms with van der Waals surface area (Å²) >= 11 is 0. The quantitative estimate of drug-likeness (QED) is 0.823. The third-order valence-electron chi connectivity index (χ3n) is 4.52. The Bertz CT molecular complexity index is 765. The minimum absolute atomic E-state index is 0.244. The second kappa shape index (κ2) is 8.52. The minimum Gasteiger partial charge on any atom is -0.462 e. The average molecular weight is 352 g/mol. The third kappa shape index (κ3) is 4.23. The van der Waals surface area contributed by atoms with E-state index in [0.29, 0.717) is 23.4 Å². The lowest BCUT2D eigenvalue weighted by molar-refractivity contribution is 0.0527. The first-order valence-electron chi connectivity index (χ1n) is 9.11. The molecule has 1 saturated heterocycles. The molecule has 2 aromatic carbocycles. The maximum absolute atomic E-state index is 12.6. The molecule has 1 amide bonds. The van der Waals surface area contributed by atoms with Crippen LogP contribution < -0.4 is 10.2 Å². The fourth-order valence-electron chi connectivity index (χ4n) is 3.15. The molecule has 0 aliphatic carbocycles. The highest BCUT2D eigenvalue weighted by Gasteiger charge is 2.16. The number of hydrogen-bond donors (Lipinski definition) is 1. The summed E-state index contributed by atoms with van der Waals surface area (Å²) in [7, 11) is 0. The van der Waals surface area contributed by atoms with Gasteiger partial charge in [-0.2, -0.15) is 0 Å². The summed E-state index contributed by atoms with van der Waals surface area (Å²) in [6.07, 6.45) is 3.72. The van der Waals surface area contributed by atoms with Crippen molar-refractivity contribution in [1.29, 1.82) is 0 Å². The van der Waals surface area contributed by atoms with Gasteiger partial charge in [0.15, 0.2) is 0 Å². The van der Waals surface area contributed by atoms with E-state index < -0.39 is 5.97 Å². The van der Waals surface area contributed by atoms with E-state index in [1.165, 1.54) is 19.3 Å². The largest absolute Gasteiger partial charge is 0.462 e. The average Bonchev–Trinajstić information content (AvgIpc) is 2.69. The number of para-hydroxylation sites is 1. The standard InChI is InChI=1S/C21H24N2O3/c1-2-26-21(25)18-8-4-5-9-19(18)22-20(24)16-10-12-17(13-11-16)23-14-6-3-7-15-23/h4-5,8-13H,2-3,6-7,14-15H2,1H3,(H,22,24). The molecule has 3 rings (SSSR count). The number of benzene rings is 2. The van der Waals surface area contributed by atoms with Crippen LogP contribution in [0.3, 0.4) is 0 Å². The molecule has 0 bridgehead atoms. The molecule has 0 aromatic heterocycles. The van der Waals surface area contributed by atoms with Crippen LogP contribution in [0.2, 0.25) is 0 Å². The molecule has 136 valence electrons. The van der Waals surface area contributed by atoms with Gasteiger partial charge >= 0.3 is 5.97 Å². The van der Waals surface area contributed by atoms with Gasteiger partial charge in [0, 0.05) is 24.3 Å². The molecular weight excluding hydrogens is 328 g/mol. The first-order chi connectivity index (χ1) is 12.7. The Morgan fingerprint density at radius 3 is 2.38 bits per heavy atom. The Balaban J connectivity index is 1.71. The predicted molar refractivity (Wildman–Crippen MR) is 103 cm³/mol. The minimum atomic E-state index is -0.441. The van der Waals surface area contributed by atoms with Gasteiger partial charge in [0.1, 0.15) is 0 Å². The number of hydrogen-bond acceptors (Lipinski definition) is 4. The molecule has 1 N–H and O–H groups in total. The van der Waals surface area contributed by atoms with E-state index in [1.807, 2.05) is 24.3 Å². The number of anilines is 2. The van der Waals surface area contributed by atoms with E-state index in [4.69, 9.17) is 4.74 Å². The SMILES string of the molecule is CCOC(=O)c1ccccc1NC(=O)c1ccc(N2CCCCC2)cc1. The maximum atomic E-state index is 12.6. The van der Waals surface area contributed by atoms with Crippen molar-refractivity contribution in [3.05, 3.63) is 59.7 Å². The highest BCUT2D eigenvalue weighted by molar-refractivity contribution is 6.08. The lowest BCUT2D eigenvalue weighted by Crippen LogP contribution is -2.29. The van der Waals surface area contributed by atoms with E-state index in [-0.39, 0.29) is 5.91 Å². The molecule has 0 unspecified atom stereocenters. The second-order valence-corrected chi connectivity index (χ2v) is 6.31. The highest BCUT2D eigenvalue weighted by atomic mass is 16.5. The molecule has 1 fully saturated rings. The van der Waals surface area contributed by atoms with Crippen molar-refractivity contribution in [1.82, 2.24) is 0 Å². The number of rotatable bonds is 5. The zero-order valence-electron chi connectivity index (χ0n) is 15.0. The topological polar surface area (TPSA) is 58.6 Å². The summed E-state index contributed by atoms with van der Waals surface area (Å²) < 4.78 is 5.04. The summed E-state index contributed by atoms with van der Waals surface area (Å²) in [6.45, 7) is 4.18. The number of amides is 1. The van der Waals surface area contributed by atoms with Crippen LogP contribution in [-0.2, 0) is 4.74 Å². The molecule has 1 aliphatic rings. The fourth-order valence-corrected chi connectivity index (χ4v) is 3.15. The Morgan fingerprint density at radius 2 is 1.69 bits per heavy atom. The maximum Gasteiger partial charge on any atom is 0.340 e. The normalized spacial score (nSPS) is 14.0. The molecule has 2 aromatic rings. The Hall–Kier alpha value is -2.82. The molecule has 5 heteroatoms. The number of carbonyl (C=O) groups excluding carboxylic acids is 2. The van der Waals surface area contributed by atoms with Crippen LogP contribution in [0.5, 0.6) is 0 Å². The van der Waals surface area contributed by atoms with Crippen LogP contribution in [0.15, 0.2) is 48.5 Å². The summed E-state index contributed by atoms with van der Waals surface area (Å²) in [4.78, 5) is 26.9. The lowest BCUT2D eigenvalue weighted by atomic mass is 10.1. The van der Waals surface area contributed by atoms with E-state index in [1.54, 1.807) is 31.2 Å². The molecule has 1 aliphatic heterocycles. The van der Waals surface area contributed by atoms with Gasteiger partial charge in [0.25, 0.3) is 5.91 Å². The van der Waals surface area contributed by atoms with Gasteiger partial charge in [-0.3, -0.25) is 4.79 Å². The van der Waals surface area contributed by atoms with E-state index >= 15 is 0 Å². The van der Waals surface area contributed by atoms with Crippen molar-refractivity contribution in [2.75, 3.05) is 29.9 Å². The monoisotopic (exact) mass is 352 g/mol. The Labute approximate surface area is 154 Å². The van der Waals surface area contributed by atoms with Crippen LogP contribution in [-0.4, -0.2) is 31.6 Å². The molecule has 0 radical (unpaired) electrons. The smallest absolute Gasteiger partial charge is 0.340 e. The van der Waals surface area contributed by atoms with Crippen molar-refractivity contribution in [3.8, 4) is 0 Å². The number of esters is 1. The van der Waals surface area contributed by atoms with E-state index in [9.17, 15) is 9.59 Å². The Kier molecular flexibility index (Phi) is 5.89. The number of piperidine rings is 1. The zero-order chi connectivity index (χ0) is 18.4. The predicted octanol–water partition coefficient (Wildman–Crippen LogP) is 4.11. The van der Waals surface area contributed by atoms with Crippen molar-refractivity contribution in [2.24, 2.45) is 0 Å². The fraction of sp³-hybridized carbons (Fsp3) is 0.333. The van der Waals surface area contributed by atoms with Crippen LogP contribution >= 0.6 is 0 Å². The van der Waals surface area contributed by atoms with Crippen molar-refractivity contribution >= 4 is 23.3 Å². The van der Waals surface area contributed by atoms with Gasteiger partial charge in [-0.25, -0.2) is 4.79 Å². The van der Waals surface area contributed by atoms with Crippen LogP contribution in [0.25, 0.3) is 0 Å². The summed E-state index contributed by atoms with van der Waals surface area (Å²) in [5.41, 5.74) is 2.52. The number of nitrogens with one attached hydrogen (secondary N) is 1. The number of carbonyl (C=O) groups is 2. The van der Waals surface area contributed by atoms with Crippen molar-refractivity contribution < 1.29 is 14.3 Å². The van der Waals surface area contributed by atoms with E-state index in [2.05, 4.69) is 10.2 Å². The molecule has 0 spiro atoms. The molecule has 1 heterocycles. The van der Waals surface area contributed by atoms with E-state index in [0.717, 1.165) is 18.8 Å². The van der Waals surface area contributed by atoms with Gasteiger partial charge in [-0.1, -0.05) is 12.1 Å². The molecule has 0 saturated carbocycles. The van der Waals surface area contributed by atoms with Crippen LogP contribution in [0.1, 0.15) is 46.9 Å². The molecule has 5 nitrogen and oxygen atoms in total. The number of nitrogens with zero attached hydrogens (tertiary/aromatic N) is 1. The van der Waals surface area contributed by atoms with Gasteiger partial charge in [-0.05, 0) is 62.6 Å². The first-order valence-corrected chi connectivity index (χ1v) is 9.11.